The number of ether oxygens (including phenoxy) is 1. The van der Waals surface area contributed by atoms with E-state index in [0.29, 0.717) is 0 Å². The smallest absolute Gasteiger partial charge is 0.261 e. The Kier molecular flexibility index (Phi) is 9.31. The topological polar surface area (TPSA) is 133 Å². The molecule has 3 atom stereocenters. The summed E-state index contributed by atoms with van der Waals surface area (Å²) in [4.78, 5) is 15.5. The van der Waals surface area contributed by atoms with Gasteiger partial charge in [-0.1, -0.05) is 42.3 Å². The number of likely N-dealkylation sites (N-methyl/N-ethyl adjacent to an activating group) is 1. The maximum atomic E-state index is 13.7. The Morgan fingerprint density at radius 3 is 2.12 bits per heavy atom. The molecular formula is C30H37N3O7S2. The molecule has 4 rings (SSSR count). The van der Waals surface area contributed by atoms with Crippen LogP contribution in [0.4, 0.5) is 5.69 Å². The summed E-state index contributed by atoms with van der Waals surface area (Å²) in [5.41, 5.74) is 2.11. The molecule has 0 saturated heterocycles. The summed E-state index contributed by atoms with van der Waals surface area (Å²) in [5, 5.41) is 9.91. The minimum Gasteiger partial charge on any atom is -0.488 e. The molecule has 12 heteroatoms. The van der Waals surface area contributed by atoms with Crippen molar-refractivity contribution in [1.82, 2.24) is 9.21 Å². The number of hydrogen-bond acceptors (Lipinski definition) is 7. The van der Waals surface area contributed by atoms with Gasteiger partial charge in [0.25, 0.3) is 15.9 Å². The van der Waals surface area contributed by atoms with Crippen molar-refractivity contribution >= 4 is 31.6 Å². The van der Waals surface area contributed by atoms with Gasteiger partial charge in [0.05, 0.1) is 34.5 Å². The van der Waals surface area contributed by atoms with Crippen molar-refractivity contribution in [3.8, 4) is 5.75 Å². The summed E-state index contributed by atoms with van der Waals surface area (Å²) >= 11 is 0. The monoisotopic (exact) mass is 615 g/mol. The summed E-state index contributed by atoms with van der Waals surface area (Å²) in [6.45, 7) is 7.18. The van der Waals surface area contributed by atoms with Crippen LogP contribution in [-0.2, 0) is 20.0 Å². The molecule has 0 bridgehead atoms. The SMILES string of the molecule is Cc1ccc(S(=O)(=O)Nc2ccc3c(c2)C(=O)N([C@@H](C)CO)C[C@H](C)[C@@H](CN(C)S(=O)(=O)c2ccc(C)cc2)O3)cc1. The molecule has 3 aromatic carbocycles. The number of aliphatic hydroxyl groups is 1. The highest BCUT2D eigenvalue weighted by Crippen LogP contribution is 2.32. The van der Waals surface area contributed by atoms with Gasteiger partial charge in [-0.2, -0.15) is 4.31 Å². The molecule has 0 spiro atoms. The number of benzene rings is 3. The number of carbonyl (C=O) groups is 1. The molecule has 226 valence electrons. The summed E-state index contributed by atoms with van der Waals surface area (Å²) in [5.74, 6) is -0.563. The molecule has 0 radical (unpaired) electrons. The Morgan fingerprint density at radius 1 is 0.976 bits per heavy atom. The Balaban J connectivity index is 1.68. The summed E-state index contributed by atoms with van der Waals surface area (Å²) in [6.07, 6.45) is -0.662. The normalized spacial score (nSPS) is 18.5. The number of amides is 1. The molecule has 0 fully saturated rings. The second-order valence-electron chi connectivity index (χ2n) is 10.9. The molecule has 1 amide bonds. The van der Waals surface area contributed by atoms with Crippen molar-refractivity contribution in [2.75, 3.05) is 31.5 Å². The summed E-state index contributed by atoms with van der Waals surface area (Å²) < 4.78 is 62.7. The predicted octanol–water partition coefficient (Wildman–Crippen LogP) is 3.65. The lowest BCUT2D eigenvalue weighted by molar-refractivity contribution is 0.0387. The number of fused-ring (bicyclic) bond motifs is 1. The van der Waals surface area contributed by atoms with E-state index in [2.05, 4.69) is 4.72 Å². The van der Waals surface area contributed by atoms with Gasteiger partial charge >= 0.3 is 0 Å². The number of aliphatic hydroxyl groups excluding tert-OH is 1. The largest absolute Gasteiger partial charge is 0.488 e. The van der Waals surface area contributed by atoms with E-state index in [1.54, 1.807) is 43.3 Å². The molecule has 1 heterocycles. The van der Waals surface area contributed by atoms with Crippen molar-refractivity contribution < 1.29 is 31.5 Å². The fraction of sp³-hybridized carbons (Fsp3) is 0.367. The van der Waals surface area contributed by atoms with Gasteiger partial charge in [-0.05, 0) is 63.2 Å². The van der Waals surface area contributed by atoms with Gasteiger partial charge in [0.2, 0.25) is 10.0 Å². The molecule has 1 aliphatic rings. The lowest BCUT2D eigenvalue weighted by Crippen LogP contribution is -2.50. The third-order valence-corrected chi connectivity index (χ3v) is 10.6. The number of aryl methyl sites for hydroxylation is 2. The van der Waals surface area contributed by atoms with E-state index >= 15 is 0 Å². The van der Waals surface area contributed by atoms with E-state index < -0.39 is 38.1 Å². The molecule has 42 heavy (non-hydrogen) atoms. The van der Waals surface area contributed by atoms with Crippen LogP contribution in [0.1, 0.15) is 35.3 Å². The van der Waals surface area contributed by atoms with Crippen LogP contribution in [0.25, 0.3) is 0 Å². The number of sulfonamides is 2. The number of hydrogen-bond donors (Lipinski definition) is 2. The highest BCUT2D eigenvalue weighted by molar-refractivity contribution is 7.92. The Labute approximate surface area is 248 Å². The maximum absolute atomic E-state index is 13.7. The summed E-state index contributed by atoms with van der Waals surface area (Å²) in [6, 6.07) is 16.8. The molecule has 2 N–H and O–H groups in total. The lowest BCUT2D eigenvalue weighted by atomic mass is 9.99. The lowest BCUT2D eigenvalue weighted by Gasteiger charge is -2.38. The molecule has 0 aliphatic carbocycles. The van der Waals surface area contributed by atoms with Crippen LogP contribution in [0.15, 0.2) is 76.5 Å². The van der Waals surface area contributed by atoms with Gasteiger partial charge in [0.15, 0.2) is 0 Å². The number of carbonyl (C=O) groups excluding carboxylic acids is 1. The summed E-state index contributed by atoms with van der Waals surface area (Å²) in [7, 11) is -6.28. The van der Waals surface area contributed by atoms with Gasteiger partial charge in [-0.15, -0.1) is 0 Å². The fourth-order valence-corrected chi connectivity index (χ4v) is 6.91. The first kappa shape index (κ1) is 31.5. The van der Waals surface area contributed by atoms with Gasteiger partial charge in [-0.3, -0.25) is 9.52 Å². The van der Waals surface area contributed by atoms with E-state index in [0.717, 1.165) is 11.1 Å². The molecule has 1 aliphatic heterocycles. The number of nitrogens with zero attached hydrogens (tertiary/aromatic N) is 2. The molecule has 0 aromatic heterocycles. The van der Waals surface area contributed by atoms with Crippen molar-refractivity contribution in [1.29, 1.82) is 0 Å². The quantitative estimate of drug-likeness (QED) is 0.376. The molecule has 10 nitrogen and oxygen atoms in total. The highest BCUT2D eigenvalue weighted by Gasteiger charge is 2.35. The van der Waals surface area contributed by atoms with Crippen molar-refractivity contribution in [3.63, 3.8) is 0 Å². The van der Waals surface area contributed by atoms with Crippen LogP contribution < -0.4 is 9.46 Å². The highest BCUT2D eigenvalue weighted by atomic mass is 32.2. The van der Waals surface area contributed by atoms with E-state index in [-0.39, 0.29) is 52.4 Å². The average molecular weight is 616 g/mol. The van der Waals surface area contributed by atoms with Gasteiger partial charge < -0.3 is 14.7 Å². The van der Waals surface area contributed by atoms with Gasteiger partial charge in [-0.25, -0.2) is 16.8 Å². The maximum Gasteiger partial charge on any atom is 0.261 e. The minimum absolute atomic E-state index is 0.00580. The zero-order valence-electron chi connectivity index (χ0n) is 24.3. The van der Waals surface area contributed by atoms with Crippen LogP contribution in [0, 0.1) is 19.8 Å². The van der Waals surface area contributed by atoms with Crippen molar-refractivity contribution in [2.24, 2.45) is 5.92 Å². The van der Waals surface area contributed by atoms with E-state index in [9.17, 15) is 26.7 Å². The average Bonchev–Trinajstić information content (AvgIpc) is 2.95. The third-order valence-electron chi connectivity index (χ3n) is 7.41. The zero-order chi connectivity index (χ0) is 30.8. The number of anilines is 1. The Hall–Kier alpha value is -3.45. The van der Waals surface area contributed by atoms with E-state index in [4.69, 9.17) is 4.74 Å². The Morgan fingerprint density at radius 2 is 1.55 bits per heavy atom. The van der Waals surface area contributed by atoms with E-state index in [1.807, 2.05) is 20.8 Å². The second kappa shape index (κ2) is 12.4. The molecule has 3 aromatic rings. The fourth-order valence-electron chi connectivity index (χ4n) is 4.68. The van der Waals surface area contributed by atoms with Crippen molar-refractivity contribution in [2.45, 2.75) is 49.6 Å². The van der Waals surface area contributed by atoms with Crippen LogP contribution in [-0.4, -0.2) is 75.9 Å². The van der Waals surface area contributed by atoms with Gasteiger partial charge in [0, 0.05) is 25.2 Å². The van der Waals surface area contributed by atoms with E-state index in [1.165, 1.54) is 46.6 Å². The first-order chi connectivity index (χ1) is 19.7. The standard InChI is InChI=1S/C30H37N3O7S2/c1-20-6-11-25(12-7-20)41(36,37)31-24-10-15-28-27(16-24)30(35)33(23(4)19-34)17-22(3)29(40-28)18-32(5)42(38,39)26-13-8-21(2)9-14-26/h6-16,22-23,29,31,34H,17-19H2,1-5H3/t22-,23-,29+/m0/s1. The van der Waals surface area contributed by atoms with Crippen LogP contribution in [0.3, 0.4) is 0 Å². The van der Waals surface area contributed by atoms with Crippen LogP contribution in [0.5, 0.6) is 5.75 Å². The van der Waals surface area contributed by atoms with Crippen LogP contribution in [0.2, 0.25) is 0 Å². The zero-order valence-corrected chi connectivity index (χ0v) is 25.9. The first-order valence-corrected chi connectivity index (χ1v) is 16.5. The van der Waals surface area contributed by atoms with Crippen molar-refractivity contribution in [3.05, 3.63) is 83.4 Å². The minimum atomic E-state index is -3.93. The first-order valence-electron chi connectivity index (χ1n) is 13.6. The second-order valence-corrected chi connectivity index (χ2v) is 14.6. The Bertz CT molecular complexity index is 1640. The third kappa shape index (κ3) is 6.78. The van der Waals surface area contributed by atoms with Gasteiger partial charge in [0.1, 0.15) is 11.9 Å². The molecular weight excluding hydrogens is 578 g/mol. The predicted molar refractivity (Wildman–Crippen MR) is 161 cm³/mol. The number of rotatable bonds is 9. The molecule has 0 saturated carbocycles. The molecule has 0 unspecified atom stereocenters. The van der Waals surface area contributed by atoms with Crippen LogP contribution >= 0.6 is 0 Å². The number of nitrogens with one attached hydrogen (secondary N) is 1.